The third-order valence-electron chi connectivity index (χ3n) is 3.44. The molecule has 1 aliphatic heterocycles. The van der Waals surface area contributed by atoms with Crippen LogP contribution in [-0.2, 0) is 9.53 Å². The first kappa shape index (κ1) is 16.3. The largest absolute Gasteiger partial charge is 0.449 e. The molecular formula is C16H21FN2O3. The van der Waals surface area contributed by atoms with Gasteiger partial charge in [0.1, 0.15) is 11.9 Å². The molecule has 5 nitrogen and oxygen atoms in total. The van der Waals surface area contributed by atoms with Crippen LogP contribution in [0.25, 0.3) is 0 Å². The monoisotopic (exact) mass is 308 g/mol. The SMILES string of the molecule is CC(C)COC(=O)N1CCC[C@H]1C(=O)Nc1ccc(F)cc1. The lowest BCUT2D eigenvalue weighted by molar-refractivity contribution is -0.120. The van der Waals surface area contributed by atoms with Gasteiger partial charge in [-0.3, -0.25) is 9.69 Å². The topological polar surface area (TPSA) is 58.6 Å². The van der Waals surface area contributed by atoms with Crippen LogP contribution in [-0.4, -0.2) is 36.1 Å². The molecule has 0 bridgehead atoms. The number of anilines is 1. The van der Waals surface area contributed by atoms with Crippen LogP contribution in [0.2, 0.25) is 0 Å². The van der Waals surface area contributed by atoms with Gasteiger partial charge in [0.15, 0.2) is 0 Å². The molecule has 0 aliphatic carbocycles. The first-order valence-electron chi connectivity index (χ1n) is 7.47. The Kier molecular flexibility index (Phi) is 5.35. The van der Waals surface area contributed by atoms with E-state index in [1.807, 2.05) is 13.8 Å². The molecule has 2 amide bonds. The van der Waals surface area contributed by atoms with E-state index >= 15 is 0 Å². The standard InChI is InChI=1S/C16H21FN2O3/c1-11(2)10-22-16(21)19-9-3-4-14(19)15(20)18-13-7-5-12(17)6-8-13/h5-8,11,14H,3-4,9-10H2,1-2H3,(H,18,20)/t14-/m0/s1. The van der Waals surface area contributed by atoms with Gasteiger partial charge >= 0.3 is 6.09 Å². The first-order chi connectivity index (χ1) is 10.5. The molecule has 22 heavy (non-hydrogen) atoms. The second kappa shape index (κ2) is 7.24. The Bertz CT molecular complexity index is 531. The lowest BCUT2D eigenvalue weighted by Crippen LogP contribution is -2.43. The molecule has 0 unspecified atom stereocenters. The molecular weight excluding hydrogens is 287 g/mol. The number of ether oxygens (including phenoxy) is 1. The maximum Gasteiger partial charge on any atom is 0.410 e. The van der Waals surface area contributed by atoms with E-state index in [0.717, 1.165) is 6.42 Å². The number of hydrogen-bond donors (Lipinski definition) is 1. The molecule has 0 spiro atoms. The van der Waals surface area contributed by atoms with Crippen molar-refractivity contribution in [2.45, 2.75) is 32.7 Å². The van der Waals surface area contributed by atoms with Gasteiger partial charge in [-0.15, -0.1) is 0 Å². The third kappa shape index (κ3) is 4.19. The highest BCUT2D eigenvalue weighted by Gasteiger charge is 2.35. The van der Waals surface area contributed by atoms with Crippen LogP contribution >= 0.6 is 0 Å². The summed E-state index contributed by atoms with van der Waals surface area (Å²) in [6.45, 7) is 4.76. The minimum absolute atomic E-state index is 0.248. The maximum absolute atomic E-state index is 12.9. The van der Waals surface area contributed by atoms with Crippen molar-refractivity contribution in [2.75, 3.05) is 18.5 Å². The van der Waals surface area contributed by atoms with Gasteiger partial charge in [-0.2, -0.15) is 0 Å². The molecule has 120 valence electrons. The maximum atomic E-state index is 12.9. The number of carbonyl (C=O) groups excluding carboxylic acids is 2. The van der Waals surface area contributed by atoms with Gasteiger partial charge in [-0.25, -0.2) is 9.18 Å². The molecule has 6 heteroatoms. The smallest absolute Gasteiger partial charge is 0.410 e. The van der Waals surface area contributed by atoms with Crippen molar-refractivity contribution in [1.29, 1.82) is 0 Å². The van der Waals surface area contributed by atoms with Crippen LogP contribution in [0.5, 0.6) is 0 Å². The lowest BCUT2D eigenvalue weighted by atomic mass is 10.2. The summed E-state index contributed by atoms with van der Waals surface area (Å²) in [6.07, 6.45) is 0.910. The van der Waals surface area contributed by atoms with E-state index in [0.29, 0.717) is 25.3 Å². The number of likely N-dealkylation sites (tertiary alicyclic amines) is 1. The first-order valence-corrected chi connectivity index (χ1v) is 7.47. The average molecular weight is 308 g/mol. The average Bonchev–Trinajstić information content (AvgIpc) is 2.96. The molecule has 0 saturated carbocycles. The molecule has 1 aromatic rings. The Morgan fingerprint density at radius 2 is 2.05 bits per heavy atom. The fourth-order valence-corrected chi connectivity index (χ4v) is 2.34. The number of amides is 2. The highest BCUT2D eigenvalue weighted by molar-refractivity contribution is 5.96. The quantitative estimate of drug-likeness (QED) is 0.930. The van der Waals surface area contributed by atoms with Gasteiger partial charge in [0.2, 0.25) is 5.91 Å². The molecule has 1 saturated heterocycles. The summed E-state index contributed by atoms with van der Waals surface area (Å²) in [7, 11) is 0. The normalized spacial score (nSPS) is 17.6. The predicted molar refractivity (Wildman–Crippen MR) is 80.9 cm³/mol. The molecule has 0 radical (unpaired) electrons. The minimum atomic E-state index is -0.537. The van der Waals surface area contributed by atoms with E-state index in [1.54, 1.807) is 0 Å². The summed E-state index contributed by atoms with van der Waals surface area (Å²) in [5, 5.41) is 2.71. The molecule has 1 N–H and O–H groups in total. The summed E-state index contributed by atoms with van der Waals surface area (Å²) >= 11 is 0. The third-order valence-corrected chi connectivity index (χ3v) is 3.44. The van der Waals surface area contributed by atoms with Crippen LogP contribution in [0.15, 0.2) is 24.3 Å². The number of nitrogens with one attached hydrogen (secondary N) is 1. The Balaban J connectivity index is 1.95. The van der Waals surface area contributed by atoms with Gasteiger partial charge in [0, 0.05) is 12.2 Å². The zero-order valence-electron chi connectivity index (χ0n) is 12.8. The summed E-state index contributed by atoms with van der Waals surface area (Å²) in [5.41, 5.74) is 0.508. The van der Waals surface area contributed by atoms with Crippen molar-refractivity contribution >= 4 is 17.7 Å². The Morgan fingerprint density at radius 3 is 2.68 bits per heavy atom. The highest BCUT2D eigenvalue weighted by Crippen LogP contribution is 2.20. The highest BCUT2D eigenvalue weighted by atomic mass is 19.1. The number of carbonyl (C=O) groups is 2. The number of halogens is 1. The van der Waals surface area contributed by atoms with Gasteiger partial charge < -0.3 is 10.1 Å². The van der Waals surface area contributed by atoms with Crippen molar-refractivity contribution in [3.8, 4) is 0 Å². The zero-order valence-corrected chi connectivity index (χ0v) is 12.8. The van der Waals surface area contributed by atoms with Crippen molar-refractivity contribution in [1.82, 2.24) is 4.90 Å². The molecule has 1 heterocycles. The van der Waals surface area contributed by atoms with Crippen LogP contribution in [0.4, 0.5) is 14.9 Å². The summed E-state index contributed by atoms with van der Waals surface area (Å²) in [5.74, 6) is -0.388. The minimum Gasteiger partial charge on any atom is -0.449 e. The van der Waals surface area contributed by atoms with Crippen molar-refractivity contribution < 1.29 is 18.7 Å². The predicted octanol–water partition coefficient (Wildman–Crippen LogP) is 3.02. The van der Waals surface area contributed by atoms with E-state index < -0.39 is 12.1 Å². The number of benzene rings is 1. The number of rotatable bonds is 4. The van der Waals surface area contributed by atoms with Gasteiger partial charge in [0.05, 0.1) is 6.61 Å². The van der Waals surface area contributed by atoms with E-state index in [2.05, 4.69) is 5.32 Å². The van der Waals surface area contributed by atoms with Crippen LogP contribution in [0.3, 0.4) is 0 Å². The molecule has 1 aliphatic rings. The van der Waals surface area contributed by atoms with Gasteiger partial charge in [-0.05, 0) is 43.0 Å². The number of hydrogen-bond acceptors (Lipinski definition) is 3. The van der Waals surface area contributed by atoms with Crippen LogP contribution in [0.1, 0.15) is 26.7 Å². The fourth-order valence-electron chi connectivity index (χ4n) is 2.34. The van der Waals surface area contributed by atoms with Crippen molar-refractivity contribution in [2.24, 2.45) is 5.92 Å². The number of nitrogens with zero attached hydrogens (tertiary/aromatic N) is 1. The molecule has 0 aromatic heterocycles. The zero-order chi connectivity index (χ0) is 16.1. The van der Waals surface area contributed by atoms with E-state index in [1.165, 1.54) is 29.2 Å². The van der Waals surface area contributed by atoms with Gasteiger partial charge in [0.25, 0.3) is 0 Å². The molecule has 1 atom stereocenters. The molecule has 1 aromatic carbocycles. The Hall–Kier alpha value is -2.11. The second-order valence-corrected chi connectivity index (χ2v) is 5.82. The van der Waals surface area contributed by atoms with Gasteiger partial charge in [-0.1, -0.05) is 13.8 Å². The van der Waals surface area contributed by atoms with E-state index in [4.69, 9.17) is 4.74 Å². The Labute approximate surface area is 129 Å². The summed E-state index contributed by atoms with van der Waals surface area (Å²) in [6, 6.07) is 5.00. The van der Waals surface area contributed by atoms with Crippen LogP contribution < -0.4 is 5.32 Å². The Morgan fingerprint density at radius 1 is 1.36 bits per heavy atom. The van der Waals surface area contributed by atoms with Crippen molar-refractivity contribution in [3.63, 3.8) is 0 Å². The summed E-state index contributed by atoms with van der Waals surface area (Å²) < 4.78 is 18.1. The fraction of sp³-hybridized carbons (Fsp3) is 0.500. The molecule has 2 rings (SSSR count). The van der Waals surface area contributed by atoms with Crippen LogP contribution in [0, 0.1) is 11.7 Å². The second-order valence-electron chi connectivity index (χ2n) is 5.82. The lowest BCUT2D eigenvalue weighted by Gasteiger charge is -2.23. The summed E-state index contributed by atoms with van der Waals surface area (Å²) in [4.78, 5) is 25.8. The van der Waals surface area contributed by atoms with E-state index in [-0.39, 0.29) is 17.6 Å². The van der Waals surface area contributed by atoms with Crippen molar-refractivity contribution in [3.05, 3.63) is 30.1 Å². The molecule has 1 fully saturated rings. The van der Waals surface area contributed by atoms with E-state index in [9.17, 15) is 14.0 Å².